The average Bonchev–Trinajstić information content (AvgIpc) is 2.97. The van der Waals surface area contributed by atoms with E-state index < -0.39 is 0 Å². The van der Waals surface area contributed by atoms with Crippen molar-refractivity contribution in [2.45, 2.75) is 19.4 Å². The van der Waals surface area contributed by atoms with Crippen molar-refractivity contribution in [1.29, 1.82) is 0 Å². The van der Waals surface area contributed by atoms with Crippen LogP contribution >= 0.6 is 0 Å². The number of nitrogens with zero attached hydrogens (tertiary/aromatic N) is 3. The van der Waals surface area contributed by atoms with Gasteiger partial charge in [0, 0.05) is 24.5 Å². The molecule has 2 aromatic rings. The maximum Gasteiger partial charge on any atom is 0.257 e. The standard InChI is InChI=1S/C12H15N5O/c1-8-3-5-17-11(15-8)10(7-14-17)12(18)16-9-2-4-13-6-9/h3,5,7,9,13H,2,4,6H2,1H3,(H,16,18). The van der Waals surface area contributed by atoms with E-state index in [1.807, 2.05) is 19.2 Å². The third-order valence-electron chi connectivity index (χ3n) is 3.15. The molecular formula is C12H15N5O. The molecule has 3 heterocycles. The Morgan fingerprint density at radius 2 is 2.50 bits per heavy atom. The second-order valence-electron chi connectivity index (χ2n) is 4.56. The highest BCUT2D eigenvalue weighted by Gasteiger charge is 2.20. The number of hydrogen-bond acceptors (Lipinski definition) is 4. The molecule has 18 heavy (non-hydrogen) atoms. The molecule has 2 aromatic heterocycles. The zero-order chi connectivity index (χ0) is 12.5. The number of amides is 1. The zero-order valence-corrected chi connectivity index (χ0v) is 10.2. The van der Waals surface area contributed by atoms with Gasteiger partial charge in [-0.05, 0) is 26.0 Å². The Morgan fingerprint density at radius 1 is 1.61 bits per heavy atom. The summed E-state index contributed by atoms with van der Waals surface area (Å²) in [6.07, 6.45) is 4.35. The van der Waals surface area contributed by atoms with Crippen LogP contribution in [0.25, 0.3) is 5.65 Å². The van der Waals surface area contributed by atoms with Crippen LogP contribution in [-0.4, -0.2) is 39.6 Å². The van der Waals surface area contributed by atoms with E-state index in [0.717, 1.165) is 25.2 Å². The molecule has 1 unspecified atom stereocenters. The molecule has 0 aliphatic carbocycles. The molecular weight excluding hydrogens is 230 g/mol. The molecule has 1 aliphatic rings. The van der Waals surface area contributed by atoms with Gasteiger partial charge in [0.2, 0.25) is 0 Å². The van der Waals surface area contributed by atoms with Gasteiger partial charge in [-0.25, -0.2) is 9.50 Å². The van der Waals surface area contributed by atoms with Gasteiger partial charge in [0.25, 0.3) is 5.91 Å². The first-order valence-electron chi connectivity index (χ1n) is 6.06. The second-order valence-corrected chi connectivity index (χ2v) is 4.56. The van der Waals surface area contributed by atoms with Crippen LogP contribution in [-0.2, 0) is 0 Å². The van der Waals surface area contributed by atoms with Crippen molar-refractivity contribution in [2.75, 3.05) is 13.1 Å². The van der Waals surface area contributed by atoms with Gasteiger partial charge in [0.05, 0.1) is 6.20 Å². The summed E-state index contributed by atoms with van der Waals surface area (Å²) in [5.74, 6) is -0.100. The van der Waals surface area contributed by atoms with Crippen LogP contribution < -0.4 is 10.6 Å². The minimum absolute atomic E-state index is 0.100. The van der Waals surface area contributed by atoms with Crippen LogP contribution in [0.1, 0.15) is 22.5 Å². The van der Waals surface area contributed by atoms with Gasteiger partial charge >= 0.3 is 0 Å². The van der Waals surface area contributed by atoms with Gasteiger partial charge < -0.3 is 10.6 Å². The Morgan fingerprint density at radius 3 is 3.28 bits per heavy atom. The summed E-state index contributed by atoms with van der Waals surface area (Å²) in [7, 11) is 0. The first-order chi connectivity index (χ1) is 8.74. The molecule has 94 valence electrons. The van der Waals surface area contributed by atoms with E-state index in [2.05, 4.69) is 20.7 Å². The number of aromatic nitrogens is 3. The highest BCUT2D eigenvalue weighted by atomic mass is 16.1. The summed E-state index contributed by atoms with van der Waals surface area (Å²) in [6.45, 7) is 3.68. The molecule has 1 atom stereocenters. The maximum atomic E-state index is 12.2. The largest absolute Gasteiger partial charge is 0.348 e. The van der Waals surface area contributed by atoms with Crippen molar-refractivity contribution in [3.05, 3.63) is 29.7 Å². The number of fused-ring (bicyclic) bond motifs is 1. The van der Waals surface area contributed by atoms with E-state index >= 15 is 0 Å². The number of carbonyl (C=O) groups is 1. The number of hydrogen-bond donors (Lipinski definition) is 2. The van der Waals surface area contributed by atoms with E-state index in [1.165, 1.54) is 0 Å². The maximum absolute atomic E-state index is 12.2. The topological polar surface area (TPSA) is 71.3 Å². The van der Waals surface area contributed by atoms with E-state index in [4.69, 9.17) is 0 Å². The Hall–Kier alpha value is -1.95. The first-order valence-corrected chi connectivity index (χ1v) is 6.06. The third-order valence-corrected chi connectivity index (χ3v) is 3.15. The summed E-state index contributed by atoms with van der Waals surface area (Å²) < 4.78 is 1.62. The molecule has 1 saturated heterocycles. The lowest BCUT2D eigenvalue weighted by molar-refractivity contribution is 0.0941. The fourth-order valence-electron chi connectivity index (χ4n) is 2.16. The van der Waals surface area contributed by atoms with Crippen molar-refractivity contribution in [2.24, 2.45) is 0 Å². The summed E-state index contributed by atoms with van der Waals surface area (Å²) in [4.78, 5) is 16.5. The summed E-state index contributed by atoms with van der Waals surface area (Å²) in [5.41, 5.74) is 2.02. The number of aryl methyl sites for hydroxylation is 1. The Bertz CT molecular complexity index is 585. The molecule has 6 heteroatoms. The van der Waals surface area contributed by atoms with Crippen molar-refractivity contribution in [1.82, 2.24) is 25.2 Å². The predicted molar refractivity (Wildman–Crippen MR) is 66.5 cm³/mol. The fourth-order valence-corrected chi connectivity index (χ4v) is 2.16. The van der Waals surface area contributed by atoms with E-state index in [0.29, 0.717) is 11.2 Å². The third kappa shape index (κ3) is 1.95. The van der Waals surface area contributed by atoms with Gasteiger partial charge in [-0.15, -0.1) is 0 Å². The van der Waals surface area contributed by atoms with Crippen molar-refractivity contribution in [3.63, 3.8) is 0 Å². The lowest BCUT2D eigenvalue weighted by atomic mass is 10.2. The van der Waals surface area contributed by atoms with E-state index in [-0.39, 0.29) is 11.9 Å². The molecule has 0 radical (unpaired) electrons. The van der Waals surface area contributed by atoms with Crippen molar-refractivity contribution in [3.8, 4) is 0 Å². The summed E-state index contributed by atoms with van der Waals surface area (Å²) in [6, 6.07) is 2.07. The van der Waals surface area contributed by atoms with Gasteiger partial charge in [-0.3, -0.25) is 4.79 Å². The quantitative estimate of drug-likeness (QED) is 0.789. The molecule has 0 aromatic carbocycles. The van der Waals surface area contributed by atoms with Crippen LogP contribution in [0.4, 0.5) is 0 Å². The van der Waals surface area contributed by atoms with Crippen LogP contribution in [0, 0.1) is 6.92 Å². The highest BCUT2D eigenvalue weighted by Crippen LogP contribution is 2.09. The second kappa shape index (κ2) is 4.38. The van der Waals surface area contributed by atoms with E-state index in [9.17, 15) is 4.79 Å². The molecule has 3 rings (SSSR count). The van der Waals surface area contributed by atoms with Crippen molar-refractivity contribution >= 4 is 11.6 Å². The van der Waals surface area contributed by atoms with Gasteiger partial charge in [0.15, 0.2) is 5.65 Å². The van der Waals surface area contributed by atoms with Crippen molar-refractivity contribution < 1.29 is 4.79 Å². The van der Waals surface area contributed by atoms with Gasteiger partial charge in [-0.2, -0.15) is 5.10 Å². The average molecular weight is 245 g/mol. The Labute approximate surface area is 104 Å². The summed E-state index contributed by atoms with van der Waals surface area (Å²) >= 11 is 0. The van der Waals surface area contributed by atoms with Crippen LogP contribution in [0.3, 0.4) is 0 Å². The zero-order valence-electron chi connectivity index (χ0n) is 10.2. The highest BCUT2D eigenvalue weighted by molar-refractivity contribution is 5.99. The molecule has 0 bridgehead atoms. The molecule has 0 saturated carbocycles. The lowest BCUT2D eigenvalue weighted by Crippen LogP contribution is -2.36. The smallest absolute Gasteiger partial charge is 0.257 e. The Balaban J connectivity index is 1.88. The Kier molecular flexibility index (Phi) is 2.71. The molecule has 1 amide bonds. The minimum Gasteiger partial charge on any atom is -0.348 e. The number of carbonyl (C=O) groups excluding carboxylic acids is 1. The molecule has 1 fully saturated rings. The number of nitrogens with one attached hydrogen (secondary N) is 2. The van der Waals surface area contributed by atoms with Gasteiger partial charge in [0.1, 0.15) is 5.56 Å². The van der Waals surface area contributed by atoms with Gasteiger partial charge in [-0.1, -0.05) is 0 Å². The first kappa shape index (κ1) is 11.2. The molecule has 0 spiro atoms. The summed E-state index contributed by atoms with van der Waals surface area (Å²) in [5, 5.41) is 10.3. The van der Waals surface area contributed by atoms with Crippen LogP contribution in [0.2, 0.25) is 0 Å². The molecule has 1 aliphatic heterocycles. The molecule has 2 N–H and O–H groups in total. The number of rotatable bonds is 2. The minimum atomic E-state index is -0.100. The normalized spacial score (nSPS) is 19.3. The SMILES string of the molecule is Cc1ccn2ncc(C(=O)NC3CCNC3)c2n1. The van der Waals surface area contributed by atoms with E-state index in [1.54, 1.807) is 10.7 Å². The predicted octanol–water partition coefficient (Wildman–Crippen LogP) is 0.129. The monoisotopic (exact) mass is 245 g/mol. The van der Waals surface area contributed by atoms with Crippen LogP contribution in [0.5, 0.6) is 0 Å². The lowest BCUT2D eigenvalue weighted by Gasteiger charge is -2.10. The molecule has 6 nitrogen and oxygen atoms in total. The van der Waals surface area contributed by atoms with Crippen LogP contribution in [0.15, 0.2) is 18.5 Å². The fraction of sp³-hybridized carbons (Fsp3) is 0.417.